The highest BCUT2D eigenvalue weighted by Crippen LogP contribution is 2.32. The van der Waals surface area contributed by atoms with Gasteiger partial charge >= 0.3 is 5.97 Å². The smallest absolute Gasteiger partial charge is 0.312 e. The van der Waals surface area contributed by atoms with Crippen LogP contribution < -0.4 is 0 Å². The third kappa shape index (κ3) is 2.46. The molecule has 0 fully saturated rings. The molecule has 0 saturated heterocycles. The fourth-order valence-electron chi connectivity index (χ4n) is 2.97. The summed E-state index contributed by atoms with van der Waals surface area (Å²) in [5.74, 6) is -0.453. The number of carbonyl (C=O) groups is 2. The number of aliphatic carboxylic acids is 1. The highest BCUT2D eigenvalue weighted by Gasteiger charge is 2.31. The zero-order chi connectivity index (χ0) is 15.7. The lowest BCUT2D eigenvalue weighted by molar-refractivity contribution is -0.138. The van der Waals surface area contributed by atoms with Gasteiger partial charge in [0.2, 0.25) is 5.78 Å². The van der Waals surface area contributed by atoms with Crippen LogP contribution in [0.5, 0.6) is 0 Å². The fraction of sp³-hybridized carbons (Fsp3) is 0.294. The molecule has 0 saturated carbocycles. The molecule has 22 heavy (non-hydrogen) atoms. The van der Waals surface area contributed by atoms with Crippen molar-refractivity contribution in [2.75, 3.05) is 5.75 Å². The molecular formula is C17H17NO3S. The zero-order valence-corrected chi connectivity index (χ0v) is 13.1. The van der Waals surface area contributed by atoms with Gasteiger partial charge in [-0.25, -0.2) is 0 Å². The van der Waals surface area contributed by atoms with E-state index in [0.29, 0.717) is 24.2 Å². The third-order valence-electron chi connectivity index (χ3n) is 3.98. The Hall–Kier alpha value is -2.01. The van der Waals surface area contributed by atoms with Crippen molar-refractivity contribution in [3.8, 4) is 0 Å². The SMILES string of the molecule is CCSc1ccccc1C(=O)c1ccc2n1CCC2C(=O)O. The van der Waals surface area contributed by atoms with Gasteiger partial charge < -0.3 is 9.67 Å². The number of ketones is 1. The number of hydrogen-bond acceptors (Lipinski definition) is 3. The molecule has 114 valence electrons. The number of rotatable bonds is 5. The first-order chi connectivity index (χ1) is 10.6. The predicted octanol–water partition coefficient (Wildman–Crippen LogP) is 3.40. The van der Waals surface area contributed by atoms with Crippen LogP contribution in [0.4, 0.5) is 0 Å². The number of nitrogens with zero attached hydrogens (tertiary/aromatic N) is 1. The molecule has 5 heteroatoms. The van der Waals surface area contributed by atoms with Gasteiger partial charge in [0.25, 0.3) is 0 Å². The van der Waals surface area contributed by atoms with Gasteiger partial charge in [-0.1, -0.05) is 19.1 Å². The number of hydrogen-bond donors (Lipinski definition) is 1. The molecule has 1 atom stereocenters. The van der Waals surface area contributed by atoms with Crippen molar-refractivity contribution >= 4 is 23.5 Å². The first-order valence-corrected chi connectivity index (χ1v) is 8.30. The Balaban J connectivity index is 1.98. The van der Waals surface area contributed by atoms with E-state index in [1.165, 1.54) is 0 Å². The summed E-state index contributed by atoms with van der Waals surface area (Å²) in [4.78, 5) is 25.1. The summed E-state index contributed by atoms with van der Waals surface area (Å²) in [6.45, 7) is 2.64. The maximum absolute atomic E-state index is 12.9. The summed E-state index contributed by atoms with van der Waals surface area (Å²) in [6.07, 6.45) is 0.553. The van der Waals surface area contributed by atoms with Crippen LogP contribution >= 0.6 is 11.8 Å². The van der Waals surface area contributed by atoms with E-state index in [2.05, 4.69) is 6.92 Å². The lowest BCUT2D eigenvalue weighted by Gasteiger charge is -2.09. The van der Waals surface area contributed by atoms with Gasteiger partial charge in [0, 0.05) is 22.7 Å². The fourth-order valence-corrected chi connectivity index (χ4v) is 3.77. The molecule has 2 aromatic rings. The highest BCUT2D eigenvalue weighted by molar-refractivity contribution is 7.99. The lowest BCUT2D eigenvalue weighted by Crippen LogP contribution is -2.10. The maximum atomic E-state index is 12.9. The Morgan fingerprint density at radius 1 is 1.27 bits per heavy atom. The van der Waals surface area contributed by atoms with Gasteiger partial charge in [-0.2, -0.15) is 0 Å². The van der Waals surface area contributed by atoms with Gasteiger partial charge in [-0.3, -0.25) is 9.59 Å². The molecule has 1 aliphatic heterocycles. The monoisotopic (exact) mass is 315 g/mol. The minimum absolute atomic E-state index is 0.0335. The second kappa shape index (κ2) is 6.01. The minimum Gasteiger partial charge on any atom is -0.481 e. The van der Waals surface area contributed by atoms with Crippen molar-refractivity contribution in [1.29, 1.82) is 0 Å². The van der Waals surface area contributed by atoms with E-state index in [-0.39, 0.29) is 5.78 Å². The van der Waals surface area contributed by atoms with Crippen LogP contribution in [0.2, 0.25) is 0 Å². The van der Waals surface area contributed by atoms with Crippen molar-refractivity contribution < 1.29 is 14.7 Å². The van der Waals surface area contributed by atoms with Gasteiger partial charge in [-0.15, -0.1) is 11.8 Å². The topological polar surface area (TPSA) is 59.3 Å². The molecule has 2 heterocycles. The highest BCUT2D eigenvalue weighted by atomic mass is 32.2. The van der Waals surface area contributed by atoms with Crippen LogP contribution in [-0.4, -0.2) is 27.2 Å². The number of carboxylic acids is 1. The second-order valence-electron chi connectivity index (χ2n) is 5.23. The van der Waals surface area contributed by atoms with E-state index < -0.39 is 11.9 Å². The van der Waals surface area contributed by atoms with E-state index in [1.54, 1.807) is 23.9 Å². The van der Waals surface area contributed by atoms with Crippen molar-refractivity contribution in [1.82, 2.24) is 4.57 Å². The number of aromatic nitrogens is 1. The predicted molar refractivity (Wildman–Crippen MR) is 85.7 cm³/mol. The molecule has 0 bridgehead atoms. The van der Waals surface area contributed by atoms with Crippen LogP contribution in [0, 0.1) is 0 Å². The Kier molecular flexibility index (Phi) is 4.07. The third-order valence-corrected chi connectivity index (χ3v) is 4.93. The number of carboxylic acid groups (broad SMARTS) is 1. The van der Waals surface area contributed by atoms with Gasteiger partial charge in [0.1, 0.15) is 0 Å². The molecule has 0 aliphatic carbocycles. The molecule has 1 N–H and O–H groups in total. The largest absolute Gasteiger partial charge is 0.481 e. The summed E-state index contributed by atoms with van der Waals surface area (Å²) >= 11 is 1.64. The van der Waals surface area contributed by atoms with E-state index in [4.69, 9.17) is 0 Å². The van der Waals surface area contributed by atoms with Crippen LogP contribution in [0.3, 0.4) is 0 Å². The summed E-state index contributed by atoms with van der Waals surface area (Å²) < 4.78 is 1.86. The van der Waals surface area contributed by atoms with Crippen molar-refractivity contribution in [3.63, 3.8) is 0 Å². The first-order valence-electron chi connectivity index (χ1n) is 7.32. The Bertz CT molecular complexity index is 735. The molecule has 1 aliphatic rings. The average Bonchev–Trinajstić information content (AvgIpc) is 3.08. The Labute approximate surface area is 133 Å². The Morgan fingerprint density at radius 3 is 2.77 bits per heavy atom. The standard InChI is InChI=1S/C17H17NO3S/c1-2-22-15-6-4-3-5-12(15)16(19)14-8-7-13-11(17(20)21)9-10-18(13)14/h3-8,11H,2,9-10H2,1H3,(H,20,21). The summed E-state index contributed by atoms with van der Waals surface area (Å²) in [5, 5.41) is 9.24. The molecule has 0 spiro atoms. The first kappa shape index (κ1) is 14.9. The maximum Gasteiger partial charge on any atom is 0.312 e. The van der Waals surface area contributed by atoms with Crippen molar-refractivity contribution in [3.05, 3.63) is 53.3 Å². The summed E-state index contributed by atoms with van der Waals surface area (Å²) in [5.41, 5.74) is 2.01. The molecular weight excluding hydrogens is 298 g/mol. The van der Waals surface area contributed by atoms with E-state index in [9.17, 15) is 14.7 Å². The number of benzene rings is 1. The van der Waals surface area contributed by atoms with Gasteiger partial charge in [0.15, 0.2) is 0 Å². The molecule has 1 aromatic carbocycles. The van der Waals surface area contributed by atoms with Crippen LogP contribution in [0.15, 0.2) is 41.3 Å². The van der Waals surface area contributed by atoms with E-state index >= 15 is 0 Å². The normalized spacial score (nSPS) is 16.5. The Morgan fingerprint density at radius 2 is 2.05 bits per heavy atom. The van der Waals surface area contributed by atoms with E-state index in [1.807, 2.05) is 28.8 Å². The zero-order valence-electron chi connectivity index (χ0n) is 12.3. The molecule has 1 unspecified atom stereocenters. The molecule has 0 radical (unpaired) electrons. The van der Waals surface area contributed by atoms with Crippen molar-refractivity contribution in [2.24, 2.45) is 0 Å². The average molecular weight is 315 g/mol. The second-order valence-corrected chi connectivity index (χ2v) is 6.54. The van der Waals surface area contributed by atoms with Crippen LogP contribution in [-0.2, 0) is 11.3 Å². The summed E-state index contributed by atoms with van der Waals surface area (Å²) in [6, 6.07) is 11.1. The molecule has 4 nitrogen and oxygen atoms in total. The lowest BCUT2D eigenvalue weighted by atomic mass is 10.1. The molecule has 1 aromatic heterocycles. The number of carbonyl (C=O) groups excluding carboxylic acids is 1. The van der Waals surface area contributed by atoms with Gasteiger partial charge in [-0.05, 0) is 36.4 Å². The minimum atomic E-state index is -0.821. The van der Waals surface area contributed by atoms with Crippen LogP contribution in [0.25, 0.3) is 0 Å². The molecule has 3 rings (SSSR count). The van der Waals surface area contributed by atoms with Crippen molar-refractivity contribution in [2.45, 2.75) is 30.7 Å². The number of fused-ring (bicyclic) bond motifs is 1. The number of thioether (sulfide) groups is 1. The van der Waals surface area contributed by atoms with E-state index in [0.717, 1.165) is 16.3 Å². The quantitative estimate of drug-likeness (QED) is 0.678. The molecule has 0 amide bonds. The van der Waals surface area contributed by atoms with Gasteiger partial charge in [0.05, 0.1) is 11.6 Å². The summed E-state index contributed by atoms with van der Waals surface area (Å²) in [7, 11) is 0. The van der Waals surface area contributed by atoms with Crippen LogP contribution in [0.1, 0.15) is 41.0 Å².